The van der Waals surface area contributed by atoms with Gasteiger partial charge in [-0.3, -0.25) is 14.4 Å². The summed E-state index contributed by atoms with van der Waals surface area (Å²) in [5, 5.41) is 17.0. The molecular weight excluding hydrogens is 448 g/mol. The number of ketones is 1. The summed E-state index contributed by atoms with van der Waals surface area (Å²) in [6.07, 6.45) is -0.0551. The number of sulfonamides is 1. The molecule has 1 atom stereocenters. The summed E-state index contributed by atoms with van der Waals surface area (Å²) in [6.45, 7) is 1.09. The predicted molar refractivity (Wildman–Crippen MR) is 123 cm³/mol. The highest BCUT2D eigenvalue weighted by atomic mass is 32.2. The van der Waals surface area contributed by atoms with Crippen molar-refractivity contribution in [3.63, 3.8) is 0 Å². The predicted octanol–water partition coefficient (Wildman–Crippen LogP) is -1.22. The van der Waals surface area contributed by atoms with Crippen molar-refractivity contribution in [2.45, 2.75) is 32.4 Å². The Morgan fingerprint density at radius 2 is 1.85 bits per heavy atom. The largest absolute Gasteiger partial charge is 0.352 e. The fraction of sp³-hybridized carbons (Fsp3) is 0.524. The number of nitriles is 1. The minimum absolute atomic E-state index is 0.0104. The lowest BCUT2D eigenvalue weighted by Gasteiger charge is -2.20. The van der Waals surface area contributed by atoms with Crippen molar-refractivity contribution < 1.29 is 22.8 Å². The molecule has 0 saturated heterocycles. The van der Waals surface area contributed by atoms with Crippen LogP contribution in [-0.2, 0) is 31.0 Å². The number of aryl methyl sites for hydroxylation is 1. The first kappa shape index (κ1) is 28.2. The summed E-state index contributed by atoms with van der Waals surface area (Å²) in [7, 11) is -2.53. The molecule has 0 bridgehead atoms. The van der Waals surface area contributed by atoms with Gasteiger partial charge >= 0.3 is 0 Å². The molecule has 0 aromatic heterocycles. The van der Waals surface area contributed by atoms with E-state index < -0.39 is 40.8 Å². The van der Waals surface area contributed by atoms with E-state index in [1.54, 1.807) is 13.1 Å². The highest BCUT2D eigenvalue weighted by Gasteiger charge is 2.27. The number of Topliss-reactive ketones (excluding diaryl/α,β-unsaturated/α-hetero) is 1. The standard InChI is InChI=1S/C21H32N6O5S/c1-16-5-7-17(8-6-16)13-26-20(29)4-3-11-33(31,32)27(10-9-22)21(30)15-25-14-19(28)18(12-23)24-2/h5-8,18,24-25H,3-4,10-15,23H2,1-2H3,(H,26,29). The molecule has 12 heteroatoms. The topological polar surface area (TPSA) is 174 Å². The number of carbonyl (C=O) groups is 3. The van der Waals surface area contributed by atoms with E-state index in [0.717, 1.165) is 11.1 Å². The molecule has 182 valence electrons. The average Bonchev–Trinajstić information content (AvgIpc) is 2.77. The van der Waals surface area contributed by atoms with E-state index in [1.807, 2.05) is 31.2 Å². The Labute approximate surface area is 194 Å². The number of carbonyl (C=O) groups excluding carboxylic acids is 3. The molecule has 0 aliphatic heterocycles. The monoisotopic (exact) mass is 480 g/mol. The smallest absolute Gasteiger partial charge is 0.250 e. The maximum absolute atomic E-state index is 12.6. The third-order valence-electron chi connectivity index (χ3n) is 4.79. The van der Waals surface area contributed by atoms with Gasteiger partial charge in [0.25, 0.3) is 5.91 Å². The lowest BCUT2D eigenvalue weighted by atomic mass is 10.1. The number of nitrogens with two attached hydrogens (primary N) is 1. The molecule has 0 aliphatic rings. The molecule has 0 spiro atoms. The van der Waals surface area contributed by atoms with Gasteiger partial charge in [0.05, 0.1) is 31.0 Å². The van der Waals surface area contributed by atoms with Gasteiger partial charge in [0.2, 0.25) is 15.9 Å². The minimum Gasteiger partial charge on any atom is -0.352 e. The van der Waals surface area contributed by atoms with E-state index in [9.17, 15) is 22.8 Å². The lowest BCUT2D eigenvalue weighted by Crippen LogP contribution is -2.47. The van der Waals surface area contributed by atoms with Gasteiger partial charge in [-0.15, -0.1) is 0 Å². The van der Waals surface area contributed by atoms with Crippen LogP contribution in [-0.4, -0.2) is 75.3 Å². The second-order valence-corrected chi connectivity index (χ2v) is 9.40. The minimum atomic E-state index is -4.10. The molecule has 11 nitrogen and oxygen atoms in total. The van der Waals surface area contributed by atoms with Crippen LogP contribution < -0.4 is 21.7 Å². The van der Waals surface area contributed by atoms with E-state index in [4.69, 9.17) is 11.0 Å². The van der Waals surface area contributed by atoms with Crippen molar-refractivity contribution in [2.75, 3.05) is 39.0 Å². The number of nitrogens with zero attached hydrogens (tertiary/aromatic N) is 2. The van der Waals surface area contributed by atoms with Crippen LogP contribution in [0, 0.1) is 18.3 Å². The Kier molecular flexibility index (Phi) is 12.2. The Hall–Kier alpha value is -2.85. The summed E-state index contributed by atoms with van der Waals surface area (Å²) in [4.78, 5) is 36.3. The summed E-state index contributed by atoms with van der Waals surface area (Å²) in [6, 6.07) is 8.71. The molecule has 0 saturated carbocycles. The van der Waals surface area contributed by atoms with Crippen molar-refractivity contribution >= 4 is 27.6 Å². The molecule has 0 heterocycles. The second-order valence-electron chi connectivity index (χ2n) is 7.39. The molecule has 5 N–H and O–H groups in total. The van der Waals surface area contributed by atoms with E-state index in [0.29, 0.717) is 10.8 Å². The van der Waals surface area contributed by atoms with Gasteiger partial charge in [0.15, 0.2) is 5.78 Å². The molecule has 2 amide bonds. The maximum Gasteiger partial charge on any atom is 0.250 e. The van der Waals surface area contributed by atoms with Crippen molar-refractivity contribution in [3.8, 4) is 6.07 Å². The summed E-state index contributed by atoms with van der Waals surface area (Å²) >= 11 is 0. The molecule has 0 radical (unpaired) electrons. The third-order valence-corrected chi connectivity index (χ3v) is 6.60. The first-order valence-electron chi connectivity index (χ1n) is 10.5. The zero-order valence-corrected chi connectivity index (χ0v) is 19.8. The van der Waals surface area contributed by atoms with Gasteiger partial charge in [-0.2, -0.15) is 5.26 Å². The number of nitrogens with one attached hydrogen (secondary N) is 3. The van der Waals surface area contributed by atoms with Crippen LogP contribution in [0.5, 0.6) is 0 Å². The van der Waals surface area contributed by atoms with Crippen molar-refractivity contribution in [1.82, 2.24) is 20.3 Å². The Morgan fingerprint density at radius 1 is 1.18 bits per heavy atom. The van der Waals surface area contributed by atoms with Crippen LogP contribution in [0.25, 0.3) is 0 Å². The first-order valence-corrected chi connectivity index (χ1v) is 12.1. The third kappa shape index (κ3) is 10.1. The van der Waals surface area contributed by atoms with Gasteiger partial charge in [-0.05, 0) is 26.0 Å². The fourth-order valence-corrected chi connectivity index (χ4v) is 4.20. The highest BCUT2D eigenvalue weighted by Crippen LogP contribution is 2.07. The quantitative estimate of drug-likeness (QED) is 0.224. The SMILES string of the molecule is CNC(CN)C(=O)CNCC(=O)N(CC#N)S(=O)(=O)CCCC(=O)NCc1ccc(C)cc1. The van der Waals surface area contributed by atoms with E-state index >= 15 is 0 Å². The lowest BCUT2D eigenvalue weighted by molar-refractivity contribution is -0.125. The molecule has 1 aromatic rings. The zero-order chi connectivity index (χ0) is 24.9. The molecule has 33 heavy (non-hydrogen) atoms. The zero-order valence-electron chi connectivity index (χ0n) is 19.0. The number of hydrogen-bond acceptors (Lipinski definition) is 9. The van der Waals surface area contributed by atoms with Crippen LogP contribution in [0.15, 0.2) is 24.3 Å². The number of benzene rings is 1. The Balaban J connectivity index is 2.51. The van der Waals surface area contributed by atoms with Gasteiger partial charge in [0.1, 0.15) is 6.54 Å². The van der Waals surface area contributed by atoms with E-state index in [1.165, 1.54) is 0 Å². The van der Waals surface area contributed by atoms with E-state index in [2.05, 4.69) is 16.0 Å². The van der Waals surface area contributed by atoms with Crippen molar-refractivity contribution in [1.29, 1.82) is 5.26 Å². The van der Waals surface area contributed by atoms with Crippen LogP contribution in [0.4, 0.5) is 0 Å². The van der Waals surface area contributed by atoms with Crippen molar-refractivity contribution in [2.24, 2.45) is 5.73 Å². The number of rotatable bonds is 15. The molecule has 0 fully saturated rings. The van der Waals surface area contributed by atoms with Crippen LogP contribution in [0.3, 0.4) is 0 Å². The van der Waals surface area contributed by atoms with Crippen molar-refractivity contribution in [3.05, 3.63) is 35.4 Å². The molecule has 1 aromatic carbocycles. The molecule has 1 rings (SSSR count). The Bertz CT molecular complexity index is 939. The van der Waals surface area contributed by atoms with Gasteiger partial charge in [-0.1, -0.05) is 29.8 Å². The average molecular weight is 481 g/mol. The maximum atomic E-state index is 12.6. The number of hydrogen-bond donors (Lipinski definition) is 4. The van der Waals surface area contributed by atoms with Crippen LogP contribution in [0.2, 0.25) is 0 Å². The summed E-state index contributed by atoms with van der Waals surface area (Å²) in [5.41, 5.74) is 7.48. The second kappa shape index (κ2) is 14.3. The van der Waals surface area contributed by atoms with E-state index in [-0.39, 0.29) is 37.6 Å². The fourth-order valence-electron chi connectivity index (χ4n) is 2.84. The summed E-state index contributed by atoms with van der Waals surface area (Å²) < 4.78 is 25.6. The van der Waals surface area contributed by atoms with Crippen LogP contribution >= 0.6 is 0 Å². The molecule has 1 unspecified atom stereocenters. The van der Waals surface area contributed by atoms with Gasteiger partial charge in [-0.25, -0.2) is 12.7 Å². The van der Waals surface area contributed by atoms with Crippen LogP contribution in [0.1, 0.15) is 24.0 Å². The molecule has 0 aliphatic carbocycles. The highest BCUT2D eigenvalue weighted by molar-refractivity contribution is 7.89. The summed E-state index contributed by atoms with van der Waals surface area (Å²) in [5.74, 6) is -1.92. The first-order chi connectivity index (χ1) is 15.6. The van der Waals surface area contributed by atoms with Gasteiger partial charge < -0.3 is 21.7 Å². The Morgan fingerprint density at radius 3 is 2.42 bits per heavy atom. The van der Waals surface area contributed by atoms with Gasteiger partial charge in [0, 0.05) is 19.5 Å². The normalized spacial score (nSPS) is 11.9. The molecular formula is C21H32N6O5S. The number of amides is 2. The number of likely N-dealkylation sites (N-methyl/N-ethyl adjacent to an activating group) is 1.